The fraction of sp³-hybridized carbons (Fsp3) is 0.483. The number of hydrogen-bond acceptors (Lipinski definition) is 4. The molecule has 3 unspecified atom stereocenters. The van der Waals surface area contributed by atoms with Crippen LogP contribution in [0.25, 0.3) is 0 Å². The van der Waals surface area contributed by atoms with Gasteiger partial charge in [0.2, 0.25) is 5.91 Å². The van der Waals surface area contributed by atoms with Crippen molar-refractivity contribution in [1.29, 1.82) is 0 Å². The van der Waals surface area contributed by atoms with Crippen molar-refractivity contribution in [1.82, 2.24) is 4.90 Å². The summed E-state index contributed by atoms with van der Waals surface area (Å²) in [6.45, 7) is 0.773. The molecule has 4 N–H and O–H groups in total. The Kier molecular flexibility index (Phi) is 6.35. The molecule has 1 aliphatic heterocycles. The number of hydrogen-bond donors (Lipinski definition) is 4. The van der Waals surface area contributed by atoms with Crippen molar-refractivity contribution in [3.05, 3.63) is 58.6 Å². The number of nitrogens with one attached hydrogen (secondary N) is 2. The Morgan fingerprint density at radius 1 is 1.00 bits per heavy atom. The molecule has 4 saturated carbocycles. The topological polar surface area (TPSA) is 119 Å². The molecule has 1 heterocycles. The lowest BCUT2D eigenvalue weighted by Crippen LogP contribution is -2.62. The van der Waals surface area contributed by atoms with Crippen LogP contribution in [0, 0.1) is 23.7 Å². The monoisotopic (exact) mass is 537 g/mol. The number of carbonyl (C=O) groups excluding carboxylic acids is 2. The minimum Gasteiger partial charge on any atom is -0.478 e. The highest BCUT2D eigenvalue weighted by atomic mass is 35.5. The molecule has 0 aromatic heterocycles. The fourth-order valence-electron chi connectivity index (χ4n) is 7.76. The quantitative estimate of drug-likeness (QED) is 0.413. The smallest absolute Gasteiger partial charge is 0.335 e. The highest BCUT2D eigenvalue weighted by Gasteiger charge is 2.57. The second-order valence-electron chi connectivity index (χ2n) is 11.7. The van der Waals surface area contributed by atoms with Gasteiger partial charge in [0.1, 0.15) is 0 Å². The van der Waals surface area contributed by atoms with Crippen LogP contribution >= 0.6 is 11.6 Å². The van der Waals surface area contributed by atoms with E-state index in [1.165, 1.54) is 24.3 Å². The third-order valence-electron chi connectivity index (χ3n) is 9.07. The minimum absolute atomic E-state index is 0.108. The first-order valence-corrected chi connectivity index (χ1v) is 13.8. The van der Waals surface area contributed by atoms with Crippen LogP contribution in [0.3, 0.4) is 0 Å². The van der Waals surface area contributed by atoms with Gasteiger partial charge in [-0.05, 0) is 105 Å². The number of carbonyl (C=O) groups is 3. The van der Waals surface area contributed by atoms with E-state index >= 15 is 0 Å². The van der Waals surface area contributed by atoms with Crippen LogP contribution in [-0.4, -0.2) is 51.2 Å². The van der Waals surface area contributed by atoms with Gasteiger partial charge in [0.15, 0.2) is 0 Å². The summed E-state index contributed by atoms with van der Waals surface area (Å²) in [4.78, 5) is 39.0. The predicted octanol–water partition coefficient (Wildman–Crippen LogP) is 5.01. The van der Waals surface area contributed by atoms with Crippen LogP contribution in [-0.2, 0) is 11.2 Å². The molecule has 5 fully saturated rings. The number of benzene rings is 2. The Bertz CT molecular complexity index is 1270. The molecule has 38 heavy (non-hydrogen) atoms. The van der Waals surface area contributed by atoms with Crippen molar-refractivity contribution >= 4 is 40.9 Å². The minimum atomic E-state index is -1.03. The standard InChI is InChI=1S/C29H32ClN3O5/c30-24-12-23(32-28(37)31-22-4-1-17(2-5-22)27(35)36)6-3-18(24)11-19-7-8-33(26(19)34)25-20-9-16-10-21(25)15-29(38,13-16)14-20/h1-6,12,16,19-21,25,38H,7-11,13-15H2,(H,35,36)(H2,31,32,37). The third-order valence-corrected chi connectivity index (χ3v) is 9.42. The van der Waals surface area contributed by atoms with Gasteiger partial charge >= 0.3 is 12.0 Å². The molecule has 7 rings (SSSR count). The number of amides is 3. The van der Waals surface area contributed by atoms with Crippen molar-refractivity contribution < 1.29 is 24.6 Å². The Labute approximate surface area is 226 Å². The summed E-state index contributed by atoms with van der Waals surface area (Å²) in [6, 6.07) is 11.0. The molecule has 1 saturated heterocycles. The molecular formula is C29H32ClN3O5. The molecule has 2 aromatic carbocycles. The van der Waals surface area contributed by atoms with Crippen molar-refractivity contribution in [2.45, 2.75) is 56.6 Å². The lowest BCUT2D eigenvalue weighted by atomic mass is 9.52. The highest BCUT2D eigenvalue weighted by molar-refractivity contribution is 6.31. The van der Waals surface area contributed by atoms with Crippen LogP contribution in [0.1, 0.15) is 54.4 Å². The van der Waals surface area contributed by atoms with Crippen molar-refractivity contribution in [3.63, 3.8) is 0 Å². The summed E-state index contributed by atoms with van der Waals surface area (Å²) >= 11 is 6.57. The van der Waals surface area contributed by atoms with Gasteiger partial charge in [0.25, 0.3) is 0 Å². The first-order valence-electron chi connectivity index (χ1n) is 13.4. The first kappa shape index (κ1) is 25.2. The number of anilines is 2. The molecule has 4 bridgehead atoms. The fourth-order valence-corrected chi connectivity index (χ4v) is 8.02. The molecule has 200 valence electrons. The maximum Gasteiger partial charge on any atom is 0.335 e. The van der Waals surface area contributed by atoms with Crippen LogP contribution in [0.2, 0.25) is 5.02 Å². The average Bonchev–Trinajstić information content (AvgIpc) is 3.19. The van der Waals surface area contributed by atoms with Gasteiger partial charge in [-0.3, -0.25) is 4.79 Å². The SMILES string of the molecule is O=C(Nc1ccc(C(=O)O)cc1)Nc1ccc(CC2CCN(C3C4CC5CC3CC(O)(C5)C4)C2=O)c(Cl)c1. The maximum atomic E-state index is 13.5. The van der Waals surface area contributed by atoms with E-state index in [2.05, 4.69) is 15.5 Å². The Balaban J connectivity index is 1.06. The van der Waals surface area contributed by atoms with Crippen LogP contribution in [0.5, 0.6) is 0 Å². The second kappa shape index (κ2) is 9.58. The van der Waals surface area contributed by atoms with E-state index in [9.17, 15) is 19.5 Å². The molecule has 9 heteroatoms. The number of halogens is 1. The molecular weight excluding hydrogens is 506 g/mol. The molecule has 0 spiro atoms. The number of likely N-dealkylation sites (tertiary alicyclic amines) is 1. The molecule has 4 aliphatic carbocycles. The zero-order valence-corrected chi connectivity index (χ0v) is 21.8. The summed E-state index contributed by atoms with van der Waals surface area (Å²) in [6.07, 6.45) is 6.25. The summed E-state index contributed by atoms with van der Waals surface area (Å²) in [5, 5.41) is 25.8. The summed E-state index contributed by atoms with van der Waals surface area (Å²) in [5.74, 6) is 0.529. The van der Waals surface area contributed by atoms with E-state index in [4.69, 9.17) is 16.7 Å². The van der Waals surface area contributed by atoms with Gasteiger partial charge in [-0.15, -0.1) is 0 Å². The number of aromatic carboxylic acids is 1. The Morgan fingerprint density at radius 3 is 2.29 bits per heavy atom. The zero-order chi connectivity index (χ0) is 26.6. The van der Waals surface area contributed by atoms with E-state index in [1.807, 2.05) is 6.07 Å². The van der Waals surface area contributed by atoms with Gasteiger partial charge in [-0.2, -0.15) is 0 Å². The lowest BCUT2D eigenvalue weighted by molar-refractivity contribution is -0.168. The number of nitrogens with zero attached hydrogens (tertiary/aromatic N) is 1. The number of rotatable bonds is 6. The van der Waals surface area contributed by atoms with Crippen LogP contribution < -0.4 is 10.6 Å². The molecule has 3 atom stereocenters. The number of aliphatic hydroxyl groups is 1. The van der Waals surface area contributed by atoms with Crippen LogP contribution in [0.4, 0.5) is 16.2 Å². The molecule has 8 nitrogen and oxygen atoms in total. The van der Waals surface area contributed by atoms with E-state index in [-0.39, 0.29) is 23.4 Å². The zero-order valence-electron chi connectivity index (χ0n) is 21.0. The second-order valence-corrected chi connectivity index (χ2v) is 12.1. The highest BCUT2D eigenvalue weighted by Crippen LogP contribution is 2.57. The van der Waals surface area contributed by atoms with E-state index in [0.717, 1.165) is 50.6 Å². The lowest BCUT2D eigenvalue weighted by Gasteiger charge is -2.59. The molecule has 5 aliphatic rings. The van der Waals surface area contributed by atoms with Crippen molar-refractivity contribution in [2.24, 2.45) is 23.7 Å². The maximum absolute atomic E-state index is 13.5. The van der Waals surface area contributed by atoms with Crippen molar-refractivity contribution in [3.8, 4) is 0 Å². The first-order chi connectivity index (χ1) is 18.2. The van der Waals surface area contributed by atoms with Gasteiger partial charge in [-0.1, -0.05) is 17.7 Å². The van der Waals surface area contributed by atoms with Gasteiger partial charge in [-0.25, -0.2) is 9.59 Å². The van der Waals surface area contributed by atoms with E-state index in [1.54, 1.807) is 12.1 Å². The van der Waals surface area contributed by atoms with Gasteiger partial charge in [0.05, 0.1) is 11.2 Å². The van der Waals surface area contributed by atoms with Crippen molar-refractivity contribution in [2.75, 3.05) is 17.2 Å². The molecule has 2 aromatic rings. The summed E-state index contributed by atoms with van der Waals surface area (Å²) in [7, 11) is 0. The third kappa shape index (κ3) is 4.76. The van der Waals surface area contributed by atoms with Gasteiger partial charge < -0.3 is 25.7 Å². The molecule has 0 radical (unpaired) electrons. The van der Waals surface area contributed by atoms with E-state index in [0.29, 0.717) is 40.6 Å². The average molecular weight is 538 g/mol. The summed E-state index contributed by atoms with van der Waals surface area (Å²) < 4.78 is 0. The van der Waals surface area contributed by atoms with Gasteiger partial charge in [0, 0.05) is 34.9 Å². The number of urea groups is 1. The molecule has 3 amide bonds. The number of carboxylic acids is 1. The number of carboxylic acid groups (broad SMARTS) is 1. The summed E-state index contributed by atoms with van der Waals surface area (Å²) in [5.41, 5.74) is 1.50. The Morgan fingerprint density at radius 2 is 1.66 bits per heavy atom. The largest absolute Gasteiger partial charge is 0.478 e. The normalized spacial score (nSPS) is 31.5. The van der Waals surface area contributed by atoms with Crippen LogP contribution in [0.15, 0.2) is 42.5 Å². The Hall–Kier alpha value is -3.10. The van der Waals surface area contributed by atoms with E-state index < -0.39 is 17.6 Å². The predicted molar refractivity (Wildman–Crippen MR) is 143 cm³/mol.